The molecular formula is C52H34N4. The molecule has 0 amide bonds. The van der Waals surface area contributed by atoms with E-state index in [0.717, 1.165) is 50.5 Å². The molecule has 0 aliphatic rings. The molecule has 0 atom stereocenters. The lowest BCUT2D eigenvalue weighted by Crippen LogP contribution is -1.98. The van der Waals surface area contributed by atoms with Crippen LogP contribution in [0, 0.1) is 0 Å². The van der Waals surface area contributed by atoms with Gasteiger partial charge in [0.25, 0.3) is 0 Å². The van der Waals surface area contributed by atoms with Crippen LogP contribution in [0.3, 0.4) is 0 Å². The number of benzene rings is 8. The summed E-state index contributed by atoms with van der Waals surface area (Å²) >= 11 is 0. The largest absolute Gasteiger partial charge is 0.309 e. The summed E-state index contributed by atoms with van der Waals surface area (Å²) in [5.74, 6) is 0.705. The van der Waals surface area contributed by atoms with E-state index in [2.05, 4.69) is 191 Å². The van der Waals surface area contributed by atoms with Gasteiger partial charge in [-0.1, -0.05) is 152 Å². The Bertz CT molecular complexity index is 3170. The third kappa shape index (κ3) is 5.23. The molecule has 3 heterocycles. The van der Waals surface area contributed by atoms with Crippen molar-refractivity contribution in [1.82, 2.24) is 19.1 Å². The third-order valence-electron chi connectivity index (χ3n) is 10.9. The fourth-order valence-corrected chi connectivity index (χ4v) is 8.40. The highest BCUT2D eigenvalue weighted by atomic mass is 15.0. The van der Waals surface area contributed by atoms with Crippen LogP contribution in [-0.4, -0.2) is 19.1 Å². The fourth-order valence-electron chi connectivity index (χ4n) is 8.40. The molecule has 0 saturated heterocycles. The number of aromatic nitrogens is 4. The maximum Gasteiger partial charge on any atom is 0.160 e. The van der Waals surface area contributed by atoms with E-state index >= 15 is 0 Å². The summed E-state index contributed by atoms with van der Waals surface area (Å²) in [6, 6.07) is 73.2. The van der Waals surface area contributed by atoms with E-state index in [1.807, 2.05) is 24.3 Å². The van der Waals surface area contributed by atoms with Crippen molar-refractivity contribution in [3.63, 3.8) is 0 Å². The third-order valence-corrected chi connectivity index (χ3v) is 10.9. The van der Waals surface area contributed by atoms with Crippen molar-refractivity contribution in [1.29, 1.82) is 0 Å². The molecule has 262 valence electrons. The summed E-state index contributed by atoms with van der Waals surface area (Å²) in [7, 11) is 0. The van der Waals surface area contributed by atoms with Gasteiger partial charge in [-0.2, -0.15) is 0 Å². The van der Waals surface area contributed by atoms with Gasteiger partial charge in [0.2, 0.25) is 0 Å². The maximum absolute atomic E-state index is 5.16. The summed E-state index contributed by atoms with van der Waals surface area (Å²) in [6.07, 6.45) is 0. The van der Waals surface area contributed by atoms with E-state index in [9.17, 15) is 0 Å². The molecule has 0 unspecified atom stereocenters. The van der Waals surface area contributed by atoms with Crippen molar-refractivity contribution in [3.8, 4) is 56.4 Å². The second-order valence-corrected chi connectivity index (χ2v) is 14.2. The molecule has 0 saturated carbocycles. The minimum atomic E-state index is 0.705. The molecule has 0 aliphatic carbocycles. The molecule has 11 aromatic rings. The van der Waals surface area contributed by atoms with E-state index in [1.54, 1.807) is 0 Å². The van der Waals surface area contributed by atoms with Crippen molar-refractivity contribution in [2.24, 2.45) is 0 Å². The Kier molecular flexibility index (Phi) is 7.46. The minimum Gasteiger partial charge on any atom is -0.309 e. The minimum absolute atomic E-state index is 0.705. The highest BCUT2D eigenvalue weighted by Gasteiger charge is 2.19. The molecule has 11 rings (SSSR count). The SMILES string of the molecule is c1ccc(-c2cc(-c3cccc(-n4c5ccccc5c5ccc(-c6cccc7c6c6ccccc6n7-c6ccccc6)cc54)c3)nc(-c3ccccc3)n2)cc1. The quantitative estimate of drug-likeness (QED) is 0.172. The Morgan fingerprint density at radius 2 is 0.839 bits per heavy atom. The summed E-state index contributed by atoms with van der Waals surface area (Å²) in [5, 5.41) is 4.93. The lowest BCUT2D eigenvalue weighted by Gasteiger charge is -2.13. The zero-order chi connectivity index (χ0) is 37.0. The summed E-state index contributed by atoms with van der Waals surface area (Å²) in [5.41, 5.74) is 14.2. The van der Waals surface area contributed by atoms with Crippen molar-refractivity contribution in [3.05, 3.63) is 206 Å². The van der Waals surface area contributed by atoms with Gasteiger partial charge in [0.15, 0.2) is 5.82 Å². The highest BCUT2D eigenvalue weighted by Crippen LogP contribution is 2.41. The molecule has 0 bridgehead atoms. The molecule has 0 radical (unpaired) electrons. The van der Waals surface area contributed by atoms with Gasteiger partial charge >= 0.3 is 0 Å². The van der Waals surface area contributed by atoms with Gasteiger partial charge in [0.05, 0.1) is 33.5 Å². The van der Waals surface area contributed by atoms with Crippen LogP contribution in [-0.2, 0) is 0 Å². The normalized spacial score (nSPS) is 11.6. The van der Waals surface area contributed by atoms with Crippen molar-refractivity contribution in [2.75, 3.05) is 0 Å². The van der Waals surface area contributed by atoms with E-state index in [4.69, 9.17) is 9.97 Å². The monoisotopic (exact) mass is 714 g/mol. The van der Waals surface area contributed by atoms with E-state index in [1.165, 1.54) is 43.7 Å². The second kappa shape index (κ2) is 13.1. The van der Waals surface area contributed by atoms with Crippen molar-refractivity contribution < 1.29 is 0 Å². The van der Waals surface area contributed by atoms with E-state index in [-0.39, 0.29) is 0 Å². The molecule has 0 N–H and O–H groups in total. The van der Waals surface area contributed by atoms with Gasteiger partial charge in [0, 0.05) is 49.6 Å². The van der Waals surface area contributed by atoms with Gasteiger partial charge in [-0.05, 0) is 65.7 Å². The van der Waals surface area contributed by atoms with Crippen LogP contribution in [0.15, 0.2) is 206 Å². The Morgan fingerprint density at radius 1 is 0.304 bits per heavy atom. The highest BCUT2D eigenvalue weighted by molar-refractivity contribution is 6.17. The van der Waals surface area contributed by atoms with Crippen molar-refractivity contribution in [2.45, 2.75) is 0 Å². The Labute approximate surface area is 324 Å². The van der Waals surface area contributed by atoms with Crippen LogP contribution in [0.2, 0.25) is 0 Å². The topological polar surface area (TPSA) is 35.6 Å². The van der Waals surface area contributed by atoms with Gasteiger partial charge in [-0.15, -0.1) is 0 Å². The molecule has 56 heavy (non-hydrogen) atoms. The summed E-state index contributed by atoms with van der Waals surface area (Å²) in [6.45, 7) is 0. The lowest BCUT2D eigenvalue weighted by molar-refractivity contribution is 1.16. The average Bonchev–Trinajstić information content (AvgIpc) is 3.80. The van der Waals surface area contributed by atoms with Gasteiger partial charge in [-0.3, -0.25) is 0 Å². The average molecular weight is 715 g/mol. The Balaban J connectivity index is 1.11. The van der Waals surface area contributed by atoms with E-state index in [0.29, 0.717) is 5.82 Å². The zero-order valence-electron chi connectivity index (χ0n) is 30.4. The first-order valence-corrected chi connectivity index (χ1v) is 19.0. The summed E-state index contributed by atoms with van der Waals surface area (Å²) < 4.78 is 4.79. The van der Waals surface area contributed by atoms with E-state index < -0.39 is 0 Å². The zero-order valence-corrected chi connectivity index (χ0v) is 30.4. The predicted molar refractivity (Wildman–Crippen MR) is 232 cm³/mol. The van der Waals surface area contributed by atoms with Crippen LogP contribution in [0.25, 0.3) is 100 Å². The molecule has 0 aliphatic heterocycles. The first kappa shape index (κ1) is 31.9. The van der Waals surface area contributed by atoms with Crippen LogP contribution < -0.4 is 0 Å². The second-order valence-electron chi connectivity index (χ2n) is 14.2. The molecule has 8 aromatic carbocycles. The smallest absolute Gasteiger partial charge is 0.160 e. The first-order valence-electron chi connectivity index (χ1n) is 19.0. The predicted octanol–water partition coefficient (Wildman–Crippen LogP) is 13.3. The van der Waals surface area contributed by atoms with Gasteiger partial charge in [-0.25, -0.2) is 9.97 Å². The van der Waals surface area contributed by atoms with Crippen LogP contribution in [0.4, 0.5) is 0 Å². The number of fused-ring (bicyclic) bond motifs is 6. The maximum atomic E-state index is 5.16. The fraction of sp³-hybridized carbons (Fsp3) is 0. The molecule has 3 aromatic heterocycles. The molecule has 0 spiro atoms. The number of hydrogen-bond donors (Lipinski definition) is 0. The van der Waals surface area contributed by atoms with Crippen LogP contribution in [0.1, 0.15) is 0 Å². The first-order chi connectivity index (χ1) is 27.8. The van der Waals surface area contributed by atoms with Gasteiger partial charge < -0.3 is 9.13 Å². The molecular weight excluding hydrogens is 681 g/mol. The number of nitrogens with zero attached hydrogens (tertiary/aromatic N) is 4. The van der Waals surface area contributed by atoms with Crippen molar-refractivity contribution >= 4 is 43.6 Å². The molecule has 4 nitrogen and oxygen atoms in total. The van der Waals surface area contributed by atoms with Crippen LogP contribution in [0.5, 0.6) is 0 Å². The Morgan fingerprint density at radius 3 is 1.61 bits per heavy atom. The van der Waals surface area contributed by atoms with Gasteiger partial charge in [0.1, 0.15) is 0 Å². The lowest BCUT2D eigenvalue weighted by atomic mass is 9.98. The standard InChI is InChI=1S/C52H34N4/c1-4-16-35(17-5-1)45-34-46(54-52(53-45)36-18-6-2-7-19-36)38-20-14-23-40(32-38)56-47-27-12-10-24-42(47)43-31-30-37(33-50(43)56)41-26-15-29-49-51(41)44-25-11-13-28-48(44)55(49)39-21-8-3-9-22-39/h1-34H. The summed E-state index contributed by atoms with van der Waals surface area (Å²) in [4.78, 5) is 10.2. The van der Waals surface area contributed by atoms with Crippen LogP contribution >= 0.6 is 0 Å². The Hall–Kier alpha value is -7.56. The number of para-hydroxylation sites is 3. The molecule has 0 fully saturated rings. The molecule has 4 heteroatoms. The number of hydrogen-bond acceptors (Lipinski definition) is 2. The number of rotatable bonds is 6.